The molecule has 4 aromatic rings. The van der Waals surface area contributed by atoms with Crippen LogP contribution in [0.25, 0.3) is 22.3 Å². The standard InChI is InChI=1S/C19H13FN4O4S/c1-24-18(25)12-6-14-15(27-9-26-14)7-13(12)21-19(24)29-8-16-22-17(23-28-16)10-2-4-11(20)5-3-10/h2-7H,8-9H2,1H3. The van der Waals surface area contributed by atoms with Gasteiger partial charge < -0.3 is 14.0 Å². The van der Waals surface area contributed by atoms with Gasteiger partial charge in [-0.2, -0.15) is 4.98 Å². The quantitative estimate of drug-likeness (QED) is 0.373. The Morgan fingerprint density at radius 1 is 1.14 bits per heavy atom. The van der Waals surface area contributed by atoms with E-state index < -0.39 is 0 Å². The van der Waals surface area contributed by atoms with Gasteiger partial charge in [0.05, 0.1) is 16.7 Å². The highest BCUT2D eigenvalue weighted by molar-refractivity contribution is 7.98. The lowest BCUT2D eigenvalue weighted by molar-refractivity contribution is 0.174. The lowest BCUT2D eigenvalue weighted by Crippen LogP contribution is -2.20. The second-order valence-corrected chi connectivity index (χ2v) is 7.23. The van der Waals surface area contributed by atoms with Gasteiger partial charge in [0.25, 0.3) is 5.56 Å². The van der Waals surface area contributed by atoms with E-state index in [-0.39, 0.29) is 18.2 Å². The van der Waals surface area contributed by atoms with Crippen LogP contribution in [0.1, 0.15) is 5.89 Å². The lowest BCUT2D eigenvalue weighted by Gasteiger charge is -2.08. The predicted octanol–water partition coefficient (Wildman–Crippen LogP) is 3.14. The Morgan fingerprint density at radius 2 is 1.90 bits per heavy atom. The number of hydrogen-bond donors (Lipinski definition) is 0. The first-order valence-electron chi connectivity index (χ1n) is 8.60. The Morgan fingerprint density at radius 3 is 2.69 bits per heavy atom. The highest BCUT2D eigenvalue weighted by Crippen LogP contribution is 2.35. The molecule has 0 N–H and O–H groups in total. The van der Waals surface area contributed by atoms with Crippen molar-refractivity contribution in [2.24, 2.45) is 7.05 Å². The molecular weight excluding hydrogens is 399 g/mol. The molecule has 146 valence electrons. The van der Waals surface area contributed by atoms with Crippen molar-refractivity contribution >= 4 is 22.7 Å². The number of ether oxygens (including phenoxy) is 2. The van der Waals surface area contributed by atoms with Crippen LogP contribution in [0, 0.1) is 5.82 Å². The maximum absolute atomic E-state index is 13.1. The summed E-state index contributed by atoms with van der Waals surface area (Å²) in [5.41, 5.74) is 0.990. The Bertz CT molecular complexity index is 1290. The van der Waals surface area contributed by atoms with Crippen LogP contribution in [0.4, 0.5) is 4.39 Å². The van der Waals surface area contributed by atoms with E-state index in [1.807, 2.05) is 0 Å². The summed E-state index contributed by atoms with van der Waals surface area (Å²) in [6.45, 7) is 0.126. The highest BCUT2D eigenvalue weighted by atomic mass is 32.2. The molecule has 1 aliphatic rings. The molecule has 0 aliphatic carbocycles. The van der Waals surface area contributed by atoms with Gasteiger partial charge in [0.1, 0.15) is 5.82 Å². The minimum atomic E-state index is -0.334. The third-order valence-electron chi connectivity index (χ3n) is 4.42. The molecule has 3 heterocycles. The second-order valence-electron chi connectivity index (χ2n) is 6.29. The topological polar surface area (TPSA) is 92.3 Å². The Kier molecular flexibility index (Phi) is 4.20. The zero-order valence-corrected chi connectivity index (χ0v) is 15.9. The first kappa shape index (κ1) is 17.7. The molecule has 0 saturated carbocycles. The van der Waals surface area contributed by atoms with E-state index in [2.05, 4.69) is 15.1 Å². The molecule has 5 rings (SSSR count). The van der Waals surface area contributed by atoms with Crippen LogP contribution in [-0.4, -0.2) is 26.5 Å². The number of halogens is 1. The van der Waals surface area contributed by atoms with Crippen LogP contribution in [-0.2, 0) is 12.8 Å². The number of hydrogen-bond acceptors (Lipinski definition) is 8. The molecule has 0 atom stereocenters. The van der Waals surface area contributed by atoms with Crippen molar-refractivity contribution < 1.29 is 18.4 Å². The van der Waals surface area contributed by atoms with Crippen molar-refractivity contribution in [3.8, 4) is 22.9 Å². The van der Waals surface area contributed by atoms with Crippen LogP contribution in [0.3, 0.4) is 0 Å². The van der Waals surface area contributed by atoms with Gasteiger partial charge >= 0.3 is 0 Å². The monoisotopic (exact) mass is 412 g/mol. The summed E-state index contributed by atoms with van der Waals surface area (Å²) >= 11 is 1.30. The van der Waals surface area contributed by atoms with Crippen LogP contribution >= 0.6 is 11.8 Å². The number of rotatable bonds is 4. The van der Waals surface area contributed by atoms with Crippen molar-refractivity contribution in [1.82, 2.24) is 19.7 Å². The number of aromatic nitrogens is 4. The zero-order valence-electron chi connectivity index (χ0n) is 15.1. The van der Waals surface area contributed by atoms with E-state index in [1.54, 1.807) is 31.3 Å². The molecule has 8 nitrogen and oxygen atoms in total. The molecule has 10 heteroatoms. The number of thioether (sulfide) groups is 1. The molecular formula is C19H13FN4O4S. The third kappa shape index (κ3) is 3.21. The molecule has 0 unspecified atom stereocenters. The molecule has 0 saturated heterocycles. The van der Waals surface area contributed by atoms with Crippen molar-refractivity contribution in [2.75, 3.05) is 6.79 Å². The van der Waals surface area contributed by atoms with Crippen LogP contribution in [0.2, 0.25) is 0 Å². The summed E-state index contributed by atoms with van der Waals surface area (Å²) < 4.78 is 30.5. The summed E-state index contributed by atoms with van der Waals surface area (Å²) in [7, 11) is 1.65. The summed E-state index contributed by atoms with van der Waals surface area (Å²) in [5, 5.41) is 4.88. The van der Waals surface area contributed by atoms with Gasteiger partial charge in [0.2, 0.25) is 18.5 Å². The SMILES string of the molecule is Cn1c(SCc2nc(-c3ccc(F)cc3)no2)nc2cc3c(cc2c1=O)OCO3. The molecule has 0 spiro atoms. The van der Waals surface area contributed by atoms with Crippen LogP contribution < -0.4 is 15.0 Å². The van der Waals surface area contributed by atoms with E-state index in [0.29, 0.717) is 50.6 Å². The Balaban J connectivity index is 1.41. The highest BCUT2D eigenvalue weighted by Gasteiger charge is 2.18. The maximum Gasteiger partial charge on any atom is 0.261 e. The zero-order chi connectivity index (χ0) is 20.0. The average molecular weight is 412 g/mol. The molecule has 1 aliphatic heterocycles. The van der Waals surface area contributed by atoms with Crippen molar-refractivity contribution in [3.05, 3.63) is 58.5 Å². The molecule has 2 aromatic heterocycles. The van der Waals surface area contributed by atoms with Gasteiger partial charge in [-0.05, 0) is 30.3 Å². The summed E-state index contributed by atoms with van der Waals surface area (Å²) in [6, 6.07) is 9.17. The fourth-order valence-electron chi connectivity index (χ4n) is 2.93. The third-order valence-corrected chi connectivity index (χ3v) is 5.44. The normalized spacial score (nSPS) is 12.6. The van der Waals surface area contributed by atoms with E-state index in [1.165, 1.54) is 28.5 Å². The van der Waals surface area contributed by atoms with E-state index in [9.17, 15) is 9.18 Å². The van der Waals surface area contributed by atoms with Crippen molar-refractivity contribution in [1.29, 1.82) is 0 Å². The lowest BCUT2D eigenvalue weighted by atomic mass is 10.2. The fourth-order valence-corrected chi connectivity index (χ4v) is 3.74. The Hall–Kier alpha value is -3.40. The second kappa shape index (κ2) is 6.89. The van der Waals surface area contributed by atoms with E-state index >= 15 is 0 Å². The molecule has 0 amide bonds. The molecule has 29 heavy (non-hydrogen) atoms. The predicted molar refractivity (Wildman–Crippen MR) is 102 cm³/mol. The van der Waals surface area contributed by atoms with E-state index in [4.69, 9.17) is 14.0 Å². The number of nitrogens with zero attached hydrogens (tertiary/aromatic N) is 4. The average Bonchev–Trinajstić information content (AvgIpc) is 3.38. The molecule has 0 fully saturated rings. The first-order valence-corrected chi connectivity index (χ1v) is 9.59. The number of benzene rings is 2. The summed E-state index contributed by atoms with van der Waals surface area (Å²) in [6.07, 6.45) is 0. The largest absolute Gasteiger partial charge is 0.454 e. The first-order chi connectivity index (χ1) is 14.1. The van der Waals surface area contributed by atoms with Gasteiger partial charge in [-0.15, -0.1) is 0 Å². The van der Waals surface area contributed by atoms with Crippen LogP contribution in [0.5, 0.6) is 11.5 Å². The summed E-state index contributed by atoms with van der Waals surface area (Å²) in [4.78, 5) is 21.6. The Labute approximate surface area is 167 Å². The van der Waals surface area contributed by atoms with Gasteiger partial charge in [0, 0.05) is 18.7 Å². The van der Waals surface area contributed by atoms with Crippen molar-refractivity contribution in [2.45, 2.75) is 10.9 Å². The van der Waals surface area contributed by atoms with Crippen molar-refractivity contribution in [3.63, 3.8) is 0 Å². The fraction of sp³-hybridized carbons (Fsp3) is 0.158. The number of fused-ring (bicyclic) bond motifs is 2. The van der Waals surface area contributed by atoms with Crippen LogP contribution in [0.15, 0.2) is 50.9 Å². The minimum absolute atomic E-state index is 0.126. The molecule has 2 aromatic carbocycles. The van der Waals surface area contributed by atoms with Gasteiger partial charge in [-0.3, -0.25) is 9.36 Å². The van der Waals surface area contributed by atoms with E-state index in [0.717, 1.165) is 0 Å². The summed E-state index contributed by atoms with van der Waals surface area (Å²) in [5.74, 6) is 1.83. The molecule has 0 radical (unpaired) electrons. The van der Waals surface area contributed by atoms with Gasteiger partial charge in [0.15, 0.2) is 16.7 Å². The molecule has 0 bridgehead atoms. The van der Waals surface area contributed by atoms with Gasteiger partial charge in [-0.25, -0.2) is 9.37 Å². The van der Waals surface area contributed by atoms with Gasteiger partial charge in [-0.1, -0.05) is 16.9 Å². The maximum atomic E-state index is 13.1. The minimum Gasteiger partial charge on any atom is -0.454 e. The smallest absolute Gasteiger partial charge is 0.261 e.